The first-order valence-electron chi connectivity index (χ1n) is 7.37. The zero-order chi connectivity index (χ0) is 14.9. The Balaban J connectivity index is 1.88. The van der Waals surface area contributed by atoms with Gasteiger partial charge in [0.15, 0.2) is 0 Å². The molecule has 0 bridgehead atoms. The number of rotatable bonds is 9. The summed E-state index contributed by atoms with van der Waals surface area (Å²) < 4.78 is 5.51. The lowest BCUT2D eigenvalue weighted by Gasteiger charge is -2.14. The Morgan fingerprint density at radius 2 is 2.10 bits per heavy atom. The maximum absolute atomic E-state index is 5.62. The van der Waals surface area contributed by atoms with Crippen LogP contribution in [0.15, 0.2) is 35.7 Å². The van der Waals surface area contributed by atoms with Gasteiger partial charge in [0.1, 0.15) is 0 Å². The Kier molecular flexibility index (Phi) is 6.82. The van der Waals surface area contributed by atoms with E-state index in [1.54, 1.807) is 11.3 Å². The second-order valence-corrected chi connectivity index (χ2v) is 5.90. The Labute approximate surface area is 130 Å². The van der Waals surface area contributed by atoms with Crippen molar-refractivity contribution in [1.82, 2.24) is 10.4 Å². The molecular formula is C16H23N3OS. The number of nitrogens with one attached hydrogen (secondary N) is 1. The topological polar surface area (TPSA) is 60.2 Å². The molecule has 1 unspecified atom stereocenters. The molecule has 2 aromatic rings. The third-order valence-electron chi connectivity index (χ3n) is 3.24. The second-order valence-electron chi connectivity index (χ2n) is 4.96. The number of nitrogens with zero attached hydrogens (tertiary/aromatic N) is 1. The van der Waals surface area contributed by atoms with Crippen LogP contribution in [0.2, 0.25) is 0 Å². The summed E-state index contributed by atoms with van der Waals surface area (Å²) in [6, 6.07) is 10.4. The predicted octanol–water partition coefficient (Wildman–Crippen LogP) is 3.00. The van der Waals surface area contributed by atoms with Gasteiger partial charge in [-0.05, 0) is 12.8 Å². The minimum Gasteiger partial charge on any atom is -0.381 e. The predicted molar refractivity (Wildman–Crippen MR) is 88.1 cm³/mol. The maximum Gasteiger partial charge on any atom is 0.0948 e. The molecule has 0 fully saturated rings. The summed E-state index contributed by atoms with van der Waals surface area (Å²) in [4.78, 5) is 4.69. The zero-order valence-corrected chi connectivity index (χ0v) is 13.2. The number of thiazole rings is 1. The Bertz CT molecular complexity index is 515. The van der Waals surface area contributed by atoms with Crippen LogP contribution in [0.1, 0.15) is 24.8 Å². The molecule has 1 atom stereocenters. The summed E-state index contributed by atoms with van der Waals surface area (Å²) in [5, 5.41) is 3.21. The first-order valence-corrected chi connectivity index (χ1v) is 8.25. The molecule has 4 nitrogen and oxygen atoms in total. The standard InChI is InChI=1S/C16H23N3OS/c1-2-9-20-10-8-14(19-17)11-16-18-15(12-21-16)13-6-4-3-5-7-13/h3-7,12,14,19H,2,8-11,17H2,1H3. The molecule has 0 spiro atoms. The molecule has 21 heavy (non-hydrogen) atoms. The van der Waals surface area contributed by atoms with E-state index in [0.717, 1.165) is 48.7 Å². The summed E-state index contributed by atoms with van der Waals surface area (Å²) in [5.41, 5.74) is 5.05. The maximum atomic E-state index is 5.62. The number of hydrazine groups is 1. The van der Waals surface area contributed by atoms with E-state index < -0.39 is 0 Å². The summed E-state index contributed by atoms with van der Waals surface area (Å²) in [6.07, 6.45) is 2.79. The summed E-state index contributed by atoms with van der Waals surface area (Å²) in [6.45, 7) is 3.66. The number of ether oxygens (including phenoxy) is 1. The van der Waals surface area contributed by atoms with Crippen LogP contribution in [0.4, 0.5) is 0 Å². The van der Waals surface area contributed by atoms with Crippen molar-refractivity contribution >= 4 is 11.3 Å². The fourth-order valence-electron chi connectivity index (χ4n) is 2.07. The first-order chi connectivity index (χ1) is 10.3. The van der Waals surface area contributed by atoms with Crippen molar-refractivity contribution in [2.45, 2.75) is 32.2 Å². The minimum atomic E-state index is 0.205. The Hall–Kier alpha value is -1.27. The highest BCUT2D eigenvalue weighted by Gasteiger charge is 2.11. The second kappa shape index (κ2) is 8.89. The molecule has 0 saturated heterocycles. The molecule has 1 aromatic heterocycles. The molecule has 2 rings (SSSR count). The van der Waals surface area contributed by atoms with Crippen LogP contribution in [-0.2, 0) is 11.2 Å². The molecule has 0 aliphatic rings. The smallest absolute Gasteiger partial charge is 0.0948 e. The van der Waals surface area contributed by atoms with Crippen molar-refractivity contribution in [2.75, 3.05) is 13.2 Å². The van der Waals surface area contributed by atoms with E-state index in [1.807, 2.05) is 18.2 Å². The SMILES string of the molecule is CCCOCCC(Cc1nc(-c2ccccc2)cs1)NN. The van der Waals surface area contributed by atoms with Crippen LogP contribution >= 0.6 is 11.3 Å². The van der Waals surface area contributed by atoms with Crippen LogP contribution in [0.5, 0.6) is 0 Å². The van der Waals surface area contributed by atoms with Gasteiger partial charge in [-0.15, -0.1) is 11.3 Å². The molecule has 1 aromatic carbocycles. The zero-order valence-electron chi connectivity index (χ0n) is 12.4. The van der Waals surface area contributed by atoms with Gasteiger partial charge in [-0.25, -0.2) is 4.98 Å². The van der Waals surface area contributed by atoms with Crippen molar-refractivity contribution < 1.29 is 4.74 Å². The van der Waals surface area contributed by atoms with Gasteiger partial charge in [0, 0.05) is 36.6 Å². The van der Waals surface area contributed by atoms with Gasteiger partial charge in [-0.2, -0.15) is 0 Å². The van der Waals surface area contributed by atoms with Crippen LogP contribution in [0.3, 0.4) is 0 Å². The largest absolute Gasteiger partial charge is 0.381 e. The molecule has 0 aliphatic carbocycles. The van der Waals surface area contributed by atoms with Gasteiger partial charge < -0.3 is 4.74 Å². The number of benzene rings is 1. The van der Waals surface area contributed by atoms with Crippen LogP contribution < -0.4 is 11.3 Å². The van der Waals surface area contributed by atoms with Gasteiger partial charge in [0.05, 0.1) is 10.7 Å². The Morgan fingerprint density at radius 1 is 1.29 bits per heavy atom. The quantitative estimate of drug-likeness (QED) is 0.425. The van der Waals surface area contributed by atoms with E-state index in [1.165, 1.54) is 0 Å². The number of hydrogen-bond donors (Lipinski definition) is 2. The fraction of sp³-hybridized carbons (Fsp3) is 0.438. The number of aromatic nitrogens is 1. The number of nitrogens with two attached hydrogens (primary N) is 1. The monoisotopic (exact) mass is 305 g/mol. The third kappa shape index (κ3) is 5.21. The van der Waals surface area contributed by atoms with E-state index in [2.05, 4.69) is 29.9 Å². The van der Waals surface area contributed by atoms with Gasteiger partial charge in [-0.3, -0.25) is 11.3 Å². The molecule has 3 N–H and O–H groups in total. The average molecular weight is 305 g/mol. The number of hydrogen-bond acceptors (Lipinski definition) is 5. The van der Waals surface area contributed by atoms with Crippen LogP contribution in [-0.4, -0.2) is 24.2 Å². The van der Waals surface area contributed by atoms with E-state index >= 15 is 0 Å². The summed E-state index contributed by atoms with van der Waals surface area (Å²) >= 11 is 1.68. The molecular weight excluding hydrogens is 282 g/mol. The van der Waals surface area contributed by atoms with Crippen molar-refractivity contribution in [3.05, 3.63) is 40.7 Å². The molecule has 0 amide bonds. The molecule has 0 aliphatic heterocycles. The lowest BCUT2D eigenvalue weighted by atomic mass is 10.1. The van der Waals surface area contributed by atoms with Crippen LogP contribution in [0, 0.1) is 0 Å². The lowest BCUT2D eigenvalue weighted by Crippen LogP contribution is -2.37. The molecule has 5 heteroatoms. The third-order valence-corrected chi connectivity index (χ3v) is 4.11. The molecule has 0 saturated carbocycles. The molecule has 114 valence electrons. The van der Waals surface area contributed by atoms with E-state index in [-0.39, 0.29) is 6.04 Å². The minimum absolute atomic E-state index is 0.205. The van der Waals surface area contributed by atoms with Gasteiger partial charge in [-0.1, -0.05) is 37.3 Å². The van der Waals surface area contributed by atoms with E-state index in [4.69, 9.17) is 15.6 Å². The summed E-state index contributed by atoms with van der Waals surface area (Å²) in [7, 11) is 0. The highest BCUT2D eigenvalue weighted by atomic mass is 32.1. The van der Waals surface area contributed by atoms with Gasteiger partial charge in [0.2, 0.25) is 0 Å². The van der Waals surface area contributed by atoms with Crippen molar-refractivity contribution in [1.29, 1.82) is 0 Å². The average Bonchev–Trinajstić information content (AvgIpc) is 3.00. The fourth-order valence-corrected chi connectivity index (χ4v) is 2.96. The van der Waals surface area contributed by atoms with Gasteiger partial charge in [0.25, 0.3) is 0 Å². The highest BCUT2D eigenvalue weighted by Crippen LogP contribution is 2.22. The normalized spacial score (nSPS) is 12.5. The van der Waals surface area contributed by atoms with E-state index in [9.17, 15) is 0 Å². The first kappa shape index (κ1) is 16.1. The Morgan fingerprint density at radius 3 is 2.81 bits per heavy atom. The summed E-state index contributed by atoms with van der Waals surface area (Å²) in [5.74, 6) is 5.62. The van der Waals surface area contributed by atoms with Crippen LogP contribution in [0.25, 0.3) is 11.3 Å². The molecule has 0 radical (unpaired) electrons. The van der Waals surface area contributed by atoms with Crippen molar-refractivity contribution in [3.8, 4) is 11.3 Å². The molecule has 1 heterocycles. The van der Waals surface area contributed by atoms with Crippen molar-refractivity contribution in [3.63, 3.8) is 0 Å². The highest BCUT2D eigenvalue weighted by molar-refractivity contribution is 7.09. The van der Waals surface area contributed by atoms with Gasteiger partial charge >= 0.3 is 0 Å². The lowest BCUT2D eigenvalue weighted by molar-refractivity contribution is 0.124. The van der Waals surface area contributed by atoms with Crippen molar-refractivity contribution in [2.24, 2.45) is 5.84 Å². The van der Waals surface area contributed by atoms with E-state index in [0.29, 0.717) is 0 Å².